The number of aromatic nitrogens is 2. The third-order valence-corrected chi connectivity index (χ3v) is 3.55. The summed E-state index contributed by atoms with van der Waals surface area (Å²) in [7, 11) is 1.78. The Morgan fingerprint density at radius 2 is 2.10 bits per heavy atom. The first-order valence-corrected chi connectivity index (χ1v) is 6.49. The fourth-order valence-electron chi connectivity index (χ4n) is 2.04. The van der Waals surface area contributed by atoms with E-state index in [1.807, 2.05) is 6.92 Å². The van der Waals surface area contributed by atoms with Gasteiger partial charge in [0.05, 0.1) is 10.6 Å². The smallest absolute Gasteiger partial charge is 0.273 e. The number of nitro groups is 1. The zero-order chi connectivity index (χ0) is 14.7. The Kier molecular flexibility index (Phi) is 4.36. The Hall–Kier alpha value is -1.92. The van der Waals surface area contributed by atoms with Gasteiger partial charge in [-0.15, -0.1) is 0 Å². The molecule has 1 heterocycles. The molecule has 6 nitrogen and oxygen atoms in total. The number of hydrogen-bond donors (Lipinski definition) is 1. The Balaban J connectivity index is 2.05. The van der Waals surface area contributed by atoms with Crippen molar-refractivity contribution in [3.05, 3.63) is 56.4 Å². The molecule has 106 valence electrons. The van der Waals surface area contributed by atoms with Gasteiger partial charge in [-0.25, -0.2) is 0 Å². The highest BCUT2D eigenvalue weighted by atomic mass is 35.5. The monoisotopic (exact) mass is 294 g/mol. The summed E-state index contributed by atoms with van der Waals surface area (Å²) in [6.45, 7) is 2.81. The van der Waals surface area contributed by atoms with E-state index in [9.17, 15) is 10.1 Å². The molecule has 0 amide bonds. The number of halogens is 1. The van der Waals surface area contributed by atoms with Gasteiger partial charge >= 0.3 is 0 Å². The second kappa shape index (κ2) is 6.02. The van der Waals surface area contributed by atoms with Gasteiger partial charge in [0, 0.05) is 37.3 Å². The van der Waals surface area contributed by atoms with Crippen molar-refractivity contribution in [3.63, 3.8) is 0 Å². The van der Waals surface area contributed by atoms with Crippen LogP contribution in [0.15, 0.2) is 24.3 Å². The van der Waals surface area contributed by atoms with Crippen LogP contribution in [0.3, 0.4) is 0 Å². The molecule has 0 saturated heterocycles. The first kappa shape index (κ1) is 14.5. The number of hydrogen-bond acceptors (Lipinski definition) is 4. The highest BCUT2D eigenvalue weighted by Gasteiger charge is 2.13. The minimum atomic E-state index is -0.376. The zero-order valence-electron chi connectivity index (χ0n) is 11.3. The van der Waals surface area contributed by atoms with Crippen molar-refractivity contribution in [2.45, 2.75) is 20.0 Å². The Bertz CT molecular complexity index is 639. The maximum atomic E-state index is 10.9. The maximum absolute atomic E-state index is 10.9. The van der Waals surface area contributed by atoms with Gasteiger partial charge in [-0.2, -0.15) is 5.10 Å². The minimum Gasteiger partial charge on any atom is -0.308 e. The summed E-state index contributed by atoms with van der Waals surface area (Å²) >= 11 is 6.13. The third kappa shape index (κ3) is 2.97. The maximum Gasteiger partial charge on any atom is 0.273 e. The molecule has 0 aliphatic carbocycles. The van der Waals surface area contributed by atoms with Crippen LogP contribution < -0.4 is 5.32 Å². The molecule has 0 fully saturated rings. The van der Waals surface area contributed by atoms with Crippen LogP contribution in [0.2, 0.25) is 5.15 Å². The van der Waals surface area contributed by atoms with E-state index >= 15 is 0 Å². The van der Waals surface area contributed by atoms with Gasteiger partial charge in [0.25, 0.3) is 5.69 Å². The summed E-state index contributed by atoms with van der Waals surface area (Å²) in [5, 5.41) is 18.9. The van der Waals surface area contributed by atoms with Crippen molar-refractivity contribution in [1.82, 2.24) is 15.1 Å². The lowest BCUT2D eigenvalue weighted by atomic mass is 10.1. The summed E-state index contributed by atoms with van der Waals surface area (Å²) in [5.74, 6) is 0. The average molecular weight is 295 g/mol. The van der Waals surface area contributed by atoms with Gasteiger partial charge in [0.15, 0.2) is 0 Å². The van der Waals surface area contributed by atoms with Gasteiger partial charge < -0.3 is 5.32 Å². The molecule has 1 N–H and O–H groups in total. The van der Waals surface area contributed by atoms with E-state index in [-0.39, 0.29) is 10.6 Å². The number of nitrogens with one attached hydrogen (secondary N) is 1. The molecule has 0 unspecified atom stereocenters. The molecule has 0 bridgehead atoms. The van der Waals surface area contributed by atoms with Crippen molar-refractivity contribution in [1.29, 1.82) is 0 Å². The van der Waals surface area contributed by atoms with E-state index in [2.05, 4.69) is 10.4 Å². The lowest BCUT2D eigenvalue weighted by molar-refractivity contribution is -0.385. The van der Waals surface area contributed by atoms with Crippen molar-refractivity contribution < 1.29 is 4.92 Å². The molecule has 7 heteroatoms. The van der Waals surface area contributed by atoms with Crippen LogP contribution in [0.5, 0.6) is 0 Å². The van der Waals surface area contributed by atoms with Crippen LogP contribution in [0.1, 0.15) is 16.8 Å². The highest BCUT2D eigenvalue weighted by Crippen LogP contribution is 2.20. The van der Waals surface area contributed by atoms with Gasteiger partial charge in [-0.3, -0.25) is 14.8 Å². The molecule has 0 saturated carbocycles. The molecular formula is C13H15ClN4O2. The van der Waals surface area contributed by atoms with Crippen LogP contribution in [-0.4, -0.2) is 14.7 Å². The Morgan fingerprint density at radius 1 is 1.40 bits per heavy atom. The second-order valence-corrected chi connectivity index (χ2v) is 4.83. The second-order valence-electron chi connectivity index (χ2n) is 4.47. The first-order valence-electron chi connectivity index (χ1n) is 6.11. The van der Waals surface area contributed by atoms with Crippen LogP contribution in [0.4, 0.5) is 5.69 Å². The van der Waals surface area contributed by atoms with Crippen molar-refractivity contribution >= 4 is 17.3 Å². The number of para-hydroxylation sites is 1. The van der Waals surface area contributed by atoms with E-state index < -0.39 is 0 Å². The number of benzene rings is 1. The van der Waals surface area contributed by atoms with E-state index in [0.717, 1.165) is 11.3 Å². The Morgan fingerprint density at radius 3 is 2.70 bits per heavy atom. The van der Waals surface area contributed by atoms with Crippen LogP contribution in [-0.2, 0) is 20.1 Å². The summed E-state index contributed by atoms with van der Waals surface area (Å²) in [5.41, 5.74) is 2.53. The molecule has 0 atom stereocenters. The highest BCUT2D eigenvalue weighted by molar-refractivity contribution is 6.30. The molecule has 2 rings (SSSR count). The minimum absolute atomic E-state index is 0.119. The average Bonchev–Trinajstić information content (AvgIpc) is 2.65. The van der Waals surface area contributed by atoms with Crippen molar-refractivity contribution in [2.24, 2.45) is 7.05 Å². The molecule has 1 aromatic heterocycles. The topological polar surface area (TPSA) is 73.0 Å². The summed E-state index contributed by atoms with van der Waals surface area (Å²) in [6.07, 6.45) is 0. The predicted molar refractivity (Wildman–Crippen MR) is 76.6 cm³/mol. The van der Waals surface area contributed by atoms with E-state index in [1.54, 1.807) is 29.9 Å². The van der Waals surface area contributed by atoms with E-state index in [1.165, 1.54) is 6.07 Å². The summed E-state index contributed by atoms with van der Waals surface area (Å²) in [4.78, 5) is 10.5. The van der Waals surface area contributed by atoms with Gasteiger partial charge in [0.1, 0.15) is 5.15 Å². The zero-order valence-corrected chi connectivity index (χ0v) is 12.0. The molecule has 0 spiro atoms. The quantitative estimate of drug-likeness (QED) is 0.679. The number of nitrogens with zero attached hydrogens (tertiary/aromatic N) is 3. The summed E-state index contributed by atoms with van der Waals surface area (Å²) < 4.78 is 1.61. The lowest BCUT2D eigenvalue weighted by Crippen LogP contribution is -2.14. The largest absolute Gasteiger partial charge is 0.308 e. The van der Waals surface area contributed by atoms with Gasteiger partial charge in [-0.1, -0.05) is 29.8 Å². The first-order chi connectivity index (χ1) is 9.50. The molecule has 0 radical (unpaired) electrons. The molecule has 1 aromatic carbocycles. The predicted octanol–water partition coefficient (Wildman–Crippen LogP) is 2.58. The van der Waals surface area contributed by atoms with Crippen molar-refractivity contribution in [2.75, 3.05) is 0 Å². The Labute approximate surface area is 121 Å². The molecule has 20 heavy (non-hydrogen) atoms. The number of aryl methyl sites for hydroxylation is 2. The normalized spacial score (nSPS) is 10.8. The molecule has 0 aliphatic rings. The van der Waals surface area contributed by atoms with E-state index in [0.29, 0.717) is 23.8 Å². The van der Waals surface area contributed by atoms with Crippen LogP contribution >= 0.6 is 11.6 Å². The lowest BCUT2D eigenvalue weighted by Gasteiger charge is -2.05. The van der Waals surface area contributed by atoms with Crippen molar-refractivity contribution in [3.8, 4) is 0 Å². The van der Waals surface area contributed by atoms with Crippen LogP contribution in [0.25, 0.3) is 0 Å². The number of rotatable bonds is 5. The molecule has 0 aliphatic heterocycles. The SMILES string of the molecule is Cc1nn(C)c(Cl)c1CNCc1ccccc1[N+](=O)[O-]. The fourth-order valence-corrected chi connectivity index (χ4v) is 2.28. The summed E-state index contributed by atoms with van der Waals surface area (Å²) in [6, 6.07) is 6.68. The molecular weight excluding hydrogens is 280 g/mol. The van der Waals surface area contributed by atoms with Gasteiger partial charge in [0.2, 0.25) is 0 Å². The molecule has 2 aromatic rings. The number of nitro benzene ring substituents is 1. The van der Waals surface area contributed by atoms with Crippen LogP contribution in [0, 0.1) is 17.0 Å². The van der Waals surface area contributed by atoms with Gasteiger partial charge in [-0.05, 0) is 6.92 Å². The van der Waals surface area contributed by atoms with E-state index in [4.69, 9.17) is 11.6 Å². The standard InChI is InChI=1S/C13H15ClN4O2/c1-9-11(13(14)17(2)16-9)8-15-7-10-5-3-4-6-12(10)18(19)20/h3-6,15H,7-8H2,1-2H3. The fraction of sp³-hybridized carbons (Fsp3) is 0.308. The third-order valence-electron chi connectivity index (χ3n) is 3.08.